The van der Waals surface area contributed by atoms with E-state index in [-0.39, 0.29) is 24.2 Å². The molecule has 2 amide bonds. The van der Waals surface area contributed by atoms with Crippen molar-refractivity contribution in [3.63, 3.8) is 0 Å². The molecule has 0 radical (unpaired) electrons. The van der Waals surface area contributed by atoms with Gasteiger partial charge in [-0.05, 0) is 86.6 Å². The van der Waals surface area contributed by atoms with Crippen molar-refractivity contribution in [3.8, 4) is 0 Å². The molecule has 1 atom stereocenters. The van der Waals surface area contributed by atoms with Gasteiger partial charge in [-0.2, -0.15) is 0 Å². The molecule has 1 aliphatic heterocycles. The van der Waals surface area contributed by atoms with E-state index in [1.807, 2.05) is 26.0 Å². The molecule has 3 aromatic rings. The minimum absolute atomic E-state index is 0.153. The molecule has 0 aliphatic carbocycles. The zero-order chi connectivity index (χ0) is 23.5. The summed E-state index contributed by atoms with van der Waals surface area (Å²) in [6.07, 6.45) is 2.17. The summed E-state index contributed by atoms with van der Waals surface area (Å²) in [7, 11) is 0. The van der Waals surface area contributed by atoms with Crippen LogP contribution in [0, 0.1) is 13.8 Å². The van der Waals surface area contributed by atoms with Crippen molar-refractivity contribution < 1.29 is 4.79 Å². The van der Waals surface area contributed by atoms with Crippen LogP contribution in [0.5, 0.6) is 0 Å². The first-order valence-electron chi connectivity index (χ1n) is 11.5. The molecule has 0 bridgehead atoms. The Bertz CT molecular complexity index is 1210. The van der Waals surface area contributed by atoms with Crippen molar-refractivity contribution in [3.05, 3.63) is 74.5 Å². The highest BCUT2D eigenvalue weighted by atomic mass is 35.5. The van der Waals surface area contributed by atoms with E-state index in [0.29, 0.717) is 22.8 Å². The lowest BCUT2D eigenvalue weighted by Gasteiger charge is -2.30. The fraction of sp³-hybridized carbons (Fsp3) is 0.385. The van der Waals surface area contributed by atoms with Crippen molar-refractivity contribution in [1.82, 2.24) is 14.8 Å². The summed E-state index contributed by atoms with van der Waals surface area (Å²) < 4.78 is 0. The first-order chi connectivity index (χ1) is 15.9. The Kier molecular flexibility index (Phi) is 7.05. The molecule has 1 aliphatic rings. The van der Waals surface area contributed by atoms with E-state index in [1.165, 1.54) is 0 Å². The number of likely N-dealkylation sites (tertiary alicyclic amines) is 1. The molecule has 2 heterocycles. The summed E-state index contributed by atoms with van der Waals surface area (Å²) in [6, 6.07) is 13.1. The van der Waals surface area contributed by atoms with E-state index < -0.39 is 0 Å². The number of nitrogens with zero attached hydrogens (tertiary/aromatic N) is 2. The number of carbonyl (C=O) groups excluding carboxylic acids is 1. The minimum Gasteiger partial charge on any atom is -0.321 e. The van der Waals surface area contributed by atoms with Crippen LogP contribution in [0.4, 0.5) is 10.5 Å². The number of rotatable bonds is 6. The largest absolute Gasteiger partial charge is 0.322 e. The highest BCUT2D eigenvalue weighted by Crippen LogP contribution is 2.22. The monoisotopic (exact) mass is 466 g/mol. The average molecular weight is 467 g/mol. The highest BCUT2D eigenvalue weighted by Gasteiger charge is 2.28. The molecule has 2 N–H and O–H groups in total. The summed E-state index contributed by atoms with van der Waals surface area (Å²) >= 11 is 5.98. The summed E-state index contributed by atoms with van der Waals surface area (Å²) in [5.74, 6) is 0. The Morgan fingerprint density at radius 1 is 1.21 bits per heavy atom. The van der Waals surface area contributed by atoms with Crippen LogP contribution in [0.25, 0.3) is 10.9 Å². The van der Waals surface area contributed by atoms with Gasteiger partial charge in [0.05, 0.1) is 12.1 Å². The number of aromatic nitrogens is 1. The fourth-order valence-electron chi connectivity index (χ4n) is 4.62. The van der Waals surface area contributed by atoms with Gasteiger partial charge in [0.25, 0.3) is 5.56 Å². The average Bonchev–Trinajstić information content (AvgIpc) is 3.25. The maximum atomic E-state index is 13.3. The topological polar surface area (TPSA) is 68.4 Å². The van der Waals surface area contributed by atoms with Gasteiger partial charge in [-0.1, -0.05) is 30.7 Å². The smallest absolute Gasteiger partial charge is 0.321 e. The molecule has 6 nitrogen and oxygen atoms in total. The second-order valence-corrected chi connectivity index (χ2v) is 9.27. The number of halogens is 1. The van der Waals surface area contributed by atoms with E-state index in [2.05, 4.69) is 28.2 Å². The number of hydrogen-bond donors (Lipinski definition) is 2. The second kappa shape index (κ2) is 9.98. The predicted molar refractivity (Wildman–Crippen MR) is 135 cm³/mol. The number of likely N-dealkylation sites (N-methyl/N-ethyl adjacent to an activating group) is 1. The van der Waals surface area contributed by atoms with Crippen LogP contribution in [0.2, 0.25) is 5.02 Å². The molecule has 0 saturated carbocycles. The fourth-order valence-corrected chi connectivity index (χ4v) is 4.75. The molecular weight excluding hydrogens is 436 g/mol. The van der Waals surface area contributed by atoms with Gasteiger partial charge in [-0.15, -0.1) is 0 Å². The van der Waals surface area contributed by atoms with E-state index in [4.69, 9.17) is 11.6 Å². The van der Waals surface area contributed by atoms with E-state index in [0.717, 1.165) is 48.0 Å². The Hall–Kier alpha value is -2.83. The first kappa shape index (κ1) is 23.3. The van der Waals surface area contributed by atoms with Gasteiger partial charge in [-0.25, -0.2) is 4.79 Å². The van der Waals surface area contributed by atoms with Crippen LogP contribution in [-0.4, -0.2) is 46.5 Å². The Morgan fingerprint density at radius 2 is 1.97 bits per heavy atom. The maximum Gasteiger partial charge on any atom is 0.322 e. The molecular formula is C26H31ClN4O2. The molecule has 2 aromatic carbocycles. The molecule has 1 unspecified atom stereocenters. The van der Waals surface area contributed by atoms with Gasteiger partial charge < -0.3 is 15.2 Å². The molecule has 174 valence electrons. The standard InChI is InChI=1S/C26H31ClN4O2/c1-4-30-13-5-6-23(30)16-31(26(33)28-22-11-9-21(27)10-12-22)15-20-14-19-8-7-17(2)18(3)24(19)29-25(20)32/h7-12,14,23H,4-6,13,15-16H2,1-3H3,(H,28,33)(H,29,32). The zero-order valence-corrected chi connectivity index (χ0v) is 20.2. The third-order valence-corrected chi connectivity index (χ3v) is 6.96. The van der Waals surface area contributed by atoms with Crippen molar-refractivity contribution in [1.29, 1.82) is 0 Å². The number of hydrogen-bond acceptors (Lipinski definition) is 3. The first-order valence-corrected chi connectivity index (χ1v) is 11.9. The summed E-state index contributed by atoms with van der Waals surface area (Å²) in [5, 5.41) is 4.55. The van der Waals surface area contributed by atoms with Gasteiger partial charge in [0.1, 0.15) is 0 Å². The quantitative estimate of drug-likeness (QED) is 0.516. The van der Waals surface area contributed by atoms with Crippen LogP contribution >= 0.6 is 11.6 Å². The summed E-state index contributed by atoms with van der Waals surface area (Å²) in [5.41, 5.74) is 4.16. The van der Waals surface area contributed by atoms with Crippen LogP contribution in [0.1, 0.15) is 36.5 Å². The maximum absolute atomic E-state index is 13.3. The Balaban J connectivity index is 1.63. The van der Waals surface area contributed by atoms with Gasteiger partial charge in [0.2, 0.25) is 0 Å². The van der Waals surface area contributed by atoms with E-state index in [9.17, 15) is 9.59 Å². The SMILES string of the molecule is CCN1CCCC1CN(Cc1cc2ccc(C)c(C)c2[nH]c1=O)C(=O)Nc1ccc(Cl)cc1. The number of benzene rings is 2. The van der Waals surface area contributed by atoms with E-state index in [1.54, 1.807) is 29.2 Å². The number of nitrogens with one attached hydrogen (secondary N) is 2. The lowest BCUT2D eigenvalue weighted by molar-refractivity contribution is 0.174. The second-order valence-electron chi connectivity index (χ2n) is 8.84. The number of urea groups is 1. The number of H-pyrrole nitrogens is 1. The molecule has 4 rings (SSSR count). The van der Waals surface area contributed by atoms with Gasteiger partial charge >= 0.3 is 6.03 Å². The minimum atomic E-state index is -0.222. The van der Waals surface area contributed by atoms with Gasteiger partial charge in [0.15, 0.2) is 0 Å². The number of aromatic amines is 1. The normalized spacial score (nSPS) is 16.3. The van der Waals surface area contributed by atoms with Gasteiger partial charge in [0, 0.05) is 28.9 Å². The molecule has 1 saturated heterocycles. The van der Waals surface area contributed by atoms with Crippen LogP contribution in [0.3, 0.4) is 0 Å². The Labute approximate surface area is 199 Å². The number of pyridine rings is 1. The lowest BCUT2D eigenvalue weighted by atomic mass is 10.0. The Morgan fingerprint density at radius 3 is 2.70 bits per heavy atom. The predicted octanol–water partition coefficient (Wildman–Crippen LogP) is 5.32. The number of amides is 2. The lowest BCUT2D eigenvalue weighted by Crippen LogP contribution is -2.45. The molecule has 0 spiro atoms. The van der Waals surface area contributed by atoms with Crippen molar-refractivity contribution >= 4 is 34.2 Å². The van der Waals surface area contributed by atoms with Crippen molar-refractivity contribution in [2.24, 2.45) is 0 Å². The third kappa shape index (κ3) is 5.23. The zero-order valence-electron chi connectivity index (χ0n) is 19.5. The molecule has 1 aromatic heterocycles. The van der Waals surface area contributed by atoms with Crippen LogP contribution in [0.15, 0.2) is 47.3 Å². The van der Waals surface area contributed by atoms with Crippen molar-refractivity contribution in [2.45, 2.75) is 46.2 Å². The van der Waals surface area contributed by atoms with Gasteiger partial charge in [-0.3, -0.25) is 9.69 Å². The number of fused-ring (bicyclic) bond motifs is 1. The summed E-state index contributed by atoms with van der Waals surface area (Å²) in [4.78, 5) is 33.5. The van der Waals surface area contributed by atoms with E-state index >= 15 is 0 Å². The number of aryl methyl sites for hydroxylation is 2. The highest BCUT2D eigenvalue weighted by molar-refractivity contribution is 6.30. The third-order valence-electron chi connectivity index (χ3n) is 6.71. The molecule has 7 heteroatoms. The number of anilines is 1. The summed E-state index contributed by atoms with van der Waals surface area (Å²) in [6.45, 7) is 9.00. The number of carbonyl (C=O) groups is 1. The van der Waals surface area contributed by atoms with Crippen LogP contribution in [-0.2, 0) is 6.54 Å². The molecule has 1 fully saturated rings. The molecule has 33 heavy (non-hydrogen) atoms. The van der Waals surface area contributed by atoms with Crippen molar-refractivity contribution in [2.75, 3.05) is 25.0 Å². The van der Waals surface area contributed by atoms with Crippen LogP contribution < -0.4 is 10.9 Å².